The fourth-order valence-corrected chi connectivity index (χ4v) is 6.08. The van der Waals surface area contributed by atoms with Crippen molar-refractivity contribution in [3.63, 3.8) is 0 Å². The molecule has 0 unspecified atom stereocenters. The SMILES string of the molecule is OC1(N2CCN(C3(O)CCCC3)CCN(C3(O)CCCC3)CC2)CCCC1. The molecule has 0 spiro atoms. The first kappa shape index (κ1) is 20.0. The molecule has 156 valence electrons. The molecule has 3 N–H and O–H groups in total. The van der Waals surface area contributed by atoms with Gasteiger partial charge >= 0.3 is 0 Å². The van der Waals surface area contributed by atoms with Crippen LogP contribution in [0.5, 0.6) is 0 Å². The number of hydrogen-bond acceptors (Lipinski definition) is 6. The molecule has 4 rings (SSSR count). The highest BCUT2D eigenvalue weighted by Crippen LogP contribution is 2.37. The van der Waals surface area contributed by atoms with Crippen molar-refractivity contribution in [1.29, 1.82) is 0 Å². The van der Waals surface area contributed by atoms with Crippen molar-refractivity contribution < 1.29 is 15.3 Å². The van der Waals surface area contributed by atoms with Crippen molar-refractivity contribution in [1.82, 2.24) is 14.7 Å². The zero-order valence-electron chi connectivity index (χ0n) is 16.9. The number of nitrogens with zero attached hydrogens (tertiary/aromatic N) is 3. The van der Waals surface area contributed by atoms with E-state index in [-0.39, 0.29) is 0 Å². The van der Waals surface area contributed by atoms with E-state index < -0.39 is 17.2 Å². The fraction of sp³-hybridized carbons (Fsp3) is 1.00. The Bertz CT molecular complexity index is 414. The summed E-state index contributed by atoms with van der Waals surface area (Å²) in [5, 5.41) is 33.7. The smallest absolute Gasteiger partial charge is 0.118 e. The number of aliphatic hydroxyl groups is 3. The van der Waals surface area contributed by atoms with Crippen molar-refractivity contribution in [2.45, 2.75) is 94.2 Å². The molecule has 0 bridgehead atoms. The summed E-state index contributed by atoms with van der Waals surface area (Å²) < 4.78 is 0. The Balaban J connectivity index is 1.54. The van der Waals surface area contributed by atoms with Crippen LogP contribution >= 0.6 is 0 Å². The highest BCUT2D eigenvalue weighted by molar-refractivity contribution is 4.93. The predicted molar refractivity (Wildman–Crippen MR) is 105 cm³/mol. The van der Waals surface area contributed by atoms with E-state index in [9.17, 15) is 15.3 Å². The highest BCUT2D eigenvalue weighted by Gasteiger charge is 2.44. The van der Waals surface area contributed by atoms with Crippen LogP contribution in [0.25, 0.3) is 0 Å². The summed E-state index contributed by atoms with van der Waals surface area (Å²) in [6, 6.07) is 0. The second-order valence-electron chi connectivity index (χ2n) is 9.53. The molecule has 6 nitrogen and oxygen atoms in total. The van der Waals surface area contributed by atoms with Gasteiger partial charge in [-0.3, -0.25) is 14.7 Å². The number of rotatable bonds is 3. The van der Waals surface area contributed by atoms with Gasteiger partial charge in [0.15, 0.2) is 0 Å². The molecule has 3 saturated carbocycles. The van der Waals surface area contributed by atoms with E-state index >= 15 is 0 Å². The third kappa shape index (κ3) is 4.07. The molecule has 1 aliphatic heterocycles. The van der Waals surface area contributed by atoms with Gasteiger partial charge in [-0.15, -0.1) is 0 Å². The molecule has 0 aromatic rings. The van der Waals surface area contributed by atoms with Crippen LogP contribution in [0.2, 0.25) is 0 Å². The van der Waals surface area contributed by atoms with Crippen LogP contribution in [0.15, 0.2) is 0 Å². The first-order valence-electron chi connectivity index (χ1n) is 11.4. The molecule has 1 saturated heterocycles. The van der Waals surface area contributed by atoms with E-state index in [0.717, 1.165) is 116 Å². The standard InChI is InChI=1S/C21H39N3O3/c25-19(7-1-2-8-19)22-13-15-23(20(26)9-3-4-10-20)17-18-24(16-14-22)21(27)11-5-6-12-21/h25-27H,1-18H2. The average molecular weight is 382 g/mol. The Morgan fingerprint density at radius 3 is 0.741 bits per heavy atom. The topological polar surface area (TPSA) is 70.4 Å². The molecule has 3 aliphatic carbocycles. The molecule has 0 aromatic carbocycles. The fourth-order valence-electron chi connectivity index (χ4n) is 6.08. The first-order valence-corrected chi connectivity index (χ1v) is 11.4. The quantitative estimate of drug-likeness (QED) is 0.691. The Hall–Kier alpha value is -0.240. The molecular formula is C21H39N3O3. The lowest BCUT2D eigenvalue weighted by atomic mass is 10.1. The van der Waals surface area contributed by atoms with E-state index in [1.165, 1.54) is 0 Å². The van der Waals surface area contributed by atoms with Gasteiger partial charge in [0.1, 0.15) is 17.2 Å². The highest BCUT2D eigenvalue weighted by atomic mass is 16.3. The maximum Gasteiger partial charge on any atom is 0.118 e. The predicted octanol–water partition coefficient (Wildman–Crippen LogP) is 1.69. The van der Waals surface area contributed by atoms with Gasteiger partial charge in [0.25, 0.3) is 0 Å². The van der Waals surface area contributed by atoms with Crippen LogP contribution in [-0.2, 0) is 0 Å². The van der Waals surface area contributed by atoms with Crippen molar-refractivity contribution in [2.24, 2.45) is 0 Å². The molecule has 0 amide bonds. The van der Waals surface area contributed by atoms with Crippen LogP contribution in [0, 0.1) is 0 Å². The Labute approximate surface area is 164 Å². The molecule has 0 aromatic heterocycles. The van der Waals surface area contributed by atoms with Gasteiger partial charge in [0, 0.05) is 39.3 Å². The van der Waals surface area contributed by atoms with Gasteiger partial charge in [-0.1, -0.05) is 0 Å². The van der Waals surface area contributed by atoms with Crippen molar-refractivity contribution >= 4 is 0 Å². The first-order chi connectivity index (χ1) is 12.9. The minimum atomic E-state index is -0.696. The van der Waals surface area contributed by atoms with Gasteiger partial charge in [0.05, 0.1) is 0 Å². The molecule has 0 atom stereocenters. The van der Waals surface area contributed by atoms with Gasteiger partial charge in [-0.25, -0.2) is 0 Å². The molecule has 4 aliphatic rings. The summed E-state index contributed by atoms with van der Waals surface area (Å²) in [4.78, 5) is 6.76. The Morgan fingerprint density at radius 2 is 0.556 bits per heavy atom. The average Bonchev–Trinajstić information content (AvgIpc) is 3.37. The third-order valence-corrected chi connectivity index (χ3v) is 7.90. The summed E-state index contributed by atoms with van der Waals surface area (Å²) in [5.74, 6) is 0. The van der Waals surface area contributed by atoms with Crippen LogP contribution < -0.4 is 0 Å². The van der Waals surface area contributed by atoms with Crippen LogP contribution in [-0.4, -0.2) is 86.5 Å². The van der Waals surface area contributed by atoms with Crippen LogP contribution in [0.1, 0.15) is 77.0 Å². The zero-order chi connectivity index (χ0) is 19.0. The van der Waals surface area contributed by atoms with E-state index in [1.807, 2.05) is 0 Å². The molecular weight excluding hydrogens is 342 g/mol. The van der Waals surface area contributed by atoms with Gasteiger partial charge in [-0.2, -0.15) is 0 Å². The number of hydrogen-bond donors (Lipinski definition) is 3. The second-order valence-corrected chi connectivity index (χ2v) is 9.53. The summed E-state index contributed by atoms with van der Waals surface area (Å²) in [6.07, 6.45) is 11.6. The van der Waals surface area contributed by atoms with Gasteiger partial charge in [0.2, 0.25) is 0 Å². The summed E-state index contributed by atoms with van der Waals surface area (Å²) in [5.41, 5.74) is -2.09. The van der Waals surface area contributed by atoms with Crippen molar-refractivity contribution in [3.05, 3.63) is 0 Å². The Kier molecular flexibility index (Phi) is 5.85. The van der Waals surface area contributed by atoms with E-state index in [1.54, 1.807) is 0 Å². The zero-order valence-corrected chi connectivity index (χ0v) is 16.9. The largest absolute Gasteiger partial charge is 0.376 e. The molecule has 27 heavy (non-hydrogen) atoms. The lowest BCUT2D eigenvalue weighted by molar-refractivity contribution is -0.127. The molecule has 0 radical (unpaired) electrons. The monoisotopic (exact) mass is 381 g/mol. The van der Waals surface area contributed by atoms with E-state index in [0.29, 0.717) is 0 Å². The normalized spacial score (nSPS) is 33.0. The van der Waals surface area contributed by atoms with Crippen LogP contribution in [0.3, 0.4) is 0 Å². The minimum Gasteiger partial charge on any atom is -0.376 e. The second kappa shape index (κ2) is 7.88. The van der Waals surface area contributed by atoms with Crippen LogP contribution in [0.4, 0.5) is 0 Å². The molecule has 6 heteroatoms. The lowest BCUT2D eigenvalue weighted by Gasteiger charge is -2.40. The van der Waals surface area contributed by atoms with Gasteiger partial charge in [-0.05, 0) is 77.0 Å². The van der Waals surface area contributed by atoms with E-state index in [2.05, 4.69) is 14.7 Å². The Morgan fingerprint density at radius 1 is 0.370 bits per heavy atom. The van der Waals surface area contributed by atoms with Crippen molar-refractivity contribution in [2.75, 3.05) is 39.3 Å². The summed E-state index contributed by atoms with van der Waals surface area (Å²) in [6.45, 7) is 4.78. The maximum absolute atomic E-state index is 11.2. The summed E-state index contributed by atoms with van der Waals surface area (Å²) in [7, 11) is 0. The molecule has 1 heterocycles. The van der Waals surface area contributed by atoms with Gasteiger partial charge < -0.3 is 15.3 Å². The minimum absolute atomic E-state index is 0.696. The van der Waals surface area contributed by atoms with Crippen molar-refractivity contribution in [3.8, 4) is 0 Å². The summed E-state index contributed by atoms with van der Waals surface area (Å²) >= 11 is 0. The van der Waals surface area contributed by atoms with E-state index in [4.69, 9.17) is 0 Å². The lowest BCUT2D eigenvalue weighted by Crippen LogP contribution is -2.54. The molecule has 4 fully saturated rings. The maximum atomic E-state index is 11.2. The third-order valence-electron chi connectivity index (χ3n) is 7.90.